The van der Waals surface area contributed by atoms with E-state index in [9.17, 15) is 19.2 Å². The quantitative estimate of drug-likeness (QED) is 0.288. The van der Waals surface area contributed by atoms with Crippen molar-refractivity contribution in [1.29, 1.82) is 0 Å². The molecule has 0 saturated carbocycles. The van der Waals surface area contributed by atoms with E-state index in [4.69, 9.17) is 4.74 Å². The second kappa shape index (κ2) is 12.6. The second-order valence-electron chi connectivity index (χ2n) is 6.68. The zero-order valence-electron chi connectivity index (χ0n) is 16.7. The average Bonchev–Trinajstić information content (AvgIpc) is 2.59. The van der Waals surface area contributed by atoms with Crippen LogP contribution in [0.5, 0.6) is 0 Å². The van der Waals surface area contributed by atoms with Gasteiger partial charge >= 0.3 is 166 Å². The van der Waals surface area contributed by atoms with Crippen LogP contribution in [0.25, 0.3) is 0 Å². The summed E-state index contributed by atoms with van der Waals surface area (Å²) in [6, 6.07) is -1.87. The summed E-state index contributed by atoms with van der Waals surface area (Å²) >= 11 is 0.306. The Hall–Kier alpha value is -1.80. The molecule has 0 aliphatic carbocycles. The summed E-state index contributed by atoms with van der Waals surface area (Å²) in [6.07, 6.45) is -0.330. The summed E-state index contributed by atoms with van der Waals surface area (Å²) in [5.41, 5.74) is -0.700. The maximum absolute atomic E-state index is 12.6. The van der Waals surface area contributed by atoms with Crippen molar-refractivity contribution >= 4 is 38.9 Å². The molecule has 0 spiro atoms. The first-order valence-corrected chi connectivity index (χ1v) is 11.4. The number of hydrogen-bond acceptors (Lipinski definition) is 7. The number of hydrogen-bond donors (Lipinski definition) is 2. The average molecular weight is 453 g/mol. The maximum atomic E-state index is 12.6. The fraction of sp³-hybridized carbons (Fsp3) is 0.765. The fourth-order valence-electron chi connectivity index (χ4n) is 1.98. The van der Waals surface area contributed by atoms with Gasteiger partial charge in [-0.05, 0) is 0 Å². The number of carbonyl (C=O) groups is 4. The summed E-state index contributed by atoms with van der Waals surface area (Å²) in [7, 11) is 2.43. The topological polar surface area (TPSA) is 120 Å². The van der Waals surface area contributed by atoms with Crippen molar-refractivity contribution in [3.63, 3.8) is 0 Å². The molecule has 0 rings (SSSR count). The monoisotopic (exact) mass is 454 g/mol. The van der Waals surface area contributed by atoms with Crippen molar-refractivity contribution in [3.05, 3.63) is 0 Å². The van der Waals surface area contributed by atoms with Gasteiger partial charge in [0.25, 0.3) is 0 Å². The van der Waals surface area contributed by atoms with Crippen LogP contribution in [0.1, 0.15) is 40.0 Å². The molecule has 0 saturated heterocycles. The van der Waals surface area contributed by atoms with Crippen LogP contribution in [0.2, 0.25) is 11.1 Å². The summed E-state index contributed by atoms with van der Waals surface area (Å²) in [4.78, 5) is 47.8. The van der Waals surface area contributed by atoms with Gasteiger partial charge in [0.1, 0.15) is 0 Å². The molecule has 0 heterocycles. The van der Waals surface area contributed by atoms with Crippen LogP contribution in [0, 0.1) is 0 Å². The van der Waals surface area contributed by atoms with E-state index in [-0.39, 0.29) is 12.8 Å². The van der Waals surface area contributed by atoms with E-state index in [0.29, 0.717) is 21.4 Å². The number of alkyl carbamates (subject to hydrolysis) is 1. The van der Waals surface area contributed by atoms with Crippen LogP contribution >= 0.6 is 0 Å². The van der Waals surface area contributed by atoms with Gasteiger partial charge in [-0.1, -0.05) is 0 Å². The predicted molar refractivity (Wildman–Crippen MR) is 99.4 cm³/mol. The molecule has 0 radical (unpaired) electrons. The molecule has 2 atom stereocenters. The minimum atomic E-state index is -1.02. The van der Waals surface area contributed by atoms with E-state index in [1.165, 1.54) is 14.2 Å². The summed E-state index contributed by atoms with van der Waals surface area (Å²) < 4.78 is 14.4. The Labute approximate surface area is 166 Å². The van der Waals surface area contributed by atoms with Gasteiger partial charge in [-0.2, -0.15) is 0 Å². The molecule has 0 bridgehead atoms. The zero-order valence-corrected chi connectivity index (χ0v) is 18.5. The third-order valence-electron chi connectivity index (χ3n) is 3.29. The van der Waals surface area contributed by atoms with Crippen LogP contribution in [0.15, 0.2) is 0 Å². The van der Waals surface area contributed by atoms with E-state index < -0.39 is 41.6 Å². The molecule has 10 heteroatoms. The Kier molecular flexibility index (Phi) is 11.7. The number of carbonyl (C=O) groups excluding carboxylic acids is 4. The molecule has 27 heavy (non-hydrogen) atoms. The van der Waals surface area contributed by atoms with E-state index in [1.54, 1.807) is 20.8 Å². The molecule has 0 aliphatic rings. The van der Waals surface area contributed by atoms with Gasteiger partial charge in [-0.25, -0.2) is 0 Å². The van der Waals surface area contributed by atoms with Crippen molar-refractivity contribution in [3.8, 4) is 0 Å². The molecule has 0 unspecified atom stereocenters. The molecule has 2 N–H and O–H groups in total. The van der Waals surface area contributed by atoms with Crippen LogP contribution in [0.3, 0.4) is 0 Å². The Morgan fingerprint density at radius 2 is 1.59 bits per heavy atom. The van der Waals surface area contributed by atoms with Gasteiger partial charge in [0.2, 0.25) is 0 Å². The van der Waals surface area contributed by atoms with Crippen molar-refractivity contribution in [2.45, 2.75) is 68.9 Å². The van der Waals surface area contributed by atoms with Gasteiger partial charge in [0, 0.05) is 0 Å². The van der Waals surface area contributed by atoms with Gasteiger partial charge < -0.3 is 0 Å². The van der Waals surface area contributed by atoms with Gasteiger partial charge in [0.15, 0.2) is 0 Å². The summed E-state index contributed by atoms with van der Waals surface area (Å²) in [5, 5.41) is 5.84. The second-order valence-corrected chi connectivity index (χ2v) is 8.75. The number of rotatable bonds is 10. The predicted octanol–water partition coefficient (Wildman–Crippen LogP) is 1.05. The molecule has 0 aliphatic heterocycles. The fourth-order valence-corrected chi connectivity index (χ4v) is 2.97. The first-order chi connectivity index (χ1) is 12.5. The third kappa shape index (κ3) is 11.5. The SMILES string of the molecule is COC(=O)CC[C@H](NC(=O)[C@H](CC[Se]C)NC(=O)OC(C)(C)C)C(=O)OC. The molecule has 0 aromatic carbocycles. The number of amides is 2. The Morgan fingerprint density at radius 1 is 0.963 bits per heavy atom. The van der Waals surface area contributed by atoms with Crippen molar-refractivity contribution in [2.75, 3.05) is 14.2 Å². The van der Waals surface area contributed by atoms with Crippen molar-refractivity contribution < 1.29 is 33.4 Å². The first-order valence-electron chi connectivity index (χ1n) is 8.47. The van der Waals surface area contributed by atoms with Crippen LogP contribution < -0.4 is 10.6 Å². The summed E-state index contributed by atoms with van der Waals surface area (Å²) in [6.45, 7) is 5.16. The molecular formula is C17H30N2O7Se. The van der Waals surface area contributed by atoms with Crippen LogP contribution in [-0.4, -0.2) is 70.8 Å². The van der Waals surface area contributed by atoms with E-state index in [2.05, 4.69) is 20.1 Å². The molecule has 9 nitrogen and oxygen atoms in total. The molecule has 2 amide bonds. The number of esters is 2. The standard InChI is InChI=1S/C17H30N2O7Se/c1-17(2,3)26-16(23)19-11(9-10-27-6)14(21)18-12(15(22)25-5)7-8-13(20)24-4/h11-12H,7-10H2,1-6H3,(H,18,21)(H,19,23)/t11-,12-/m0/s1. The Bertz CT molecular complexity index is 520. The van der Waals surface area contributed by atoms with E-state index in [0.717, 1.165) is 5.32 Å². The molecule has 156 valence electrons. The van der Waals surface area contributed by atoms with Crippen LogP contribution in [-0.2, 0) is 28.6 Å². The van der Waals surface area contributed by atoms with E-state index >= 15 is 0 Å². The number of ether oxygens (including phenoxy) is 3. The Morgan fingerprint density at radius 3 is 2.07 bits per heavy atom. The number of methoxy groups -OCH3 is 2. The molecule has 0 aromatic heterocycles. The Balaban J connectivity index is 5.05. The van der Waals surface area contributed by atoms with Crippen LogP contribution in [0.4, 0.5) is 4.79 Å². The molecule has 0 aromatic rings. The van der Waals surface area contributed by atoms with Crippen molar-refractivity contribution in [2.24, 2.45) is 0 Å². The van der Waals surface area contributed by atoms with E-state index in [1.807, 2.05) is 5.82 Å². The van der Waals surface area contributed by atoms with Gasteiger partial charge in [-0.15, -0.1) is 0 Å². The molecule has 0 fully saturated rings. The first kappa shape index (κ1) is 25.2. The van der Waals surface area contributed by atoms with Crippen molar-refractivity contribution in [1.82, 2.24) is 10.6 Å². The zero-order chi connectivity index (χ0) is 21.0. The summed E-state index contributed by atoms with van der Waals surface area (Å²) in [5.74, 6) is 0.298. The van der Waals surface area contributed by atoms with Gasteiger partial charge in [-0.3, -0.25) is 0 Å². The normalized spacial score (nSPS) is 13.1. The minimum absolute atomic E-state index is 0.0297. The number of nitrogens with one attached hydrogen (secondary N) is 2. The van der Waals surface area contributed by atoms with Gasteiger partial charge in [0.05, 0.1) is 0 Å². The third-order valence-corrected chi connectivity index (χ3v) is 4.64. The molecular weight excluding hydrogens is 423 g/mol.